The molecule has 0 bridgehead atoms. The van der Waals surface area contributed by atoms with Gasteiger partial charge in [0.2, 0.25) is 5.95 Å². The highest BCUT2D eigenvalue weighted by Crippen LogP contribution is 2.15. The van der Waals surface area contributed by atoms with Crippen LogP contribution in [-0.4, -0.2) is 21.6 Å². The zero-order valence-electron chi connectivity index (χ0n) is 11.5. The van der Waals surface area contributed by atoms with Gasteiger partial charge in [0.05, 0.1) is 0 Å². The van der Waals surface area contributed by atoms with E-state index in [1.54, 1.807) is 12.4 Å². The molecule has 0 unspecified atom stereocenters. The molecular formula is C16H16N4S. The average Bonchev–Trinajstić information content (AvgIpc) is 3.00. The lowest BCUT2D eigenvalue weighted by Crippen LogP contribution is -2.30. The second kappa shape index (κ2) is 6.37. The molecule has 5 heteroatoms. The first-order valence-corrected chi connectivity index (χ1v) is 7.24. The summed E-state index contributed by atoms with van der Waals surface area (Å²) in [5.74, 6) is 0.651. The number of imidazole rings is 1. The predicted molar refractivity (Wildman–Crippen MR) is 90.5 cm³/mol. The van der Waals surface area contributed by atoms with Crippen LogP contribution in [0.25, 0.3) is 10.8 Å². The van der Waals surface area contributed by atoms with Gasteiger partial charge in [-0.25, -0.2) is 4.98 Å². The summed E-state index contributed by atoms with van der Waals surface area (Å²) >= 11 is 5.21. The van der Waals surface area contributed by atoms with Crippen LogP contribution < -0.4 is 10.6 Å². The van der Waals surface area contributed by atoms with Crippen LogP contribution in [0.1, 0.15) is 5.56 Å². The van der Waals surface area contributed by atoms with Crippen molar-refractivity contribution in [1.29, 1.82) is 0 Å². The Kier molecular flexibility index (Phi) is 4.12. The highest BCUT2D eigenvalue weighted by molar-refractivity contribution is 7.80. The normalized spacial score (nSPS) is 10.5. The van der Waals surface area contributed by atoms with E-state index in [1.807, 2.05) is 0 Å². The quantitative estimate of drug-likeness (QED) is 0.648. The molecule has 2 aromatic carbocycles. The van der Waals surface area contributed by atoms with Gasteiger partial charge in [0, 0.05) is 18.9 Å². The van der Waals surface area contributed by atoms with E-state index >= 15 is 0 Å². The van der Waals surface area contributed by atoms with Gasteiger partial charge < -0.3 is 15.6 Å². The molecule has 0 radical (unpaired) electrons. The first-order chi connectivity index (χ1) is 10.3. The van der Waals surface area contributed by atoms with Crippen LogP contribution in [0.5, 0.6) is 0 Å². The number of H-pyrrole nitrogens is 1. The minimum atomic E-state index is 0.575. The molecule has 4 nitrogen and oxygen atoms in total. The molecule has 1 aromatic heterocycles. The van der Waals surface area contributed by atoms with Crippen LogP contribution in [0.2, 0.25) is 0 Å². The lowest BCUT2D eigenvalue weighted by molar-refractivity contribution is 0.873. The van der Waals surface area contributed by atoms with Gasteiger partial charge in [0.15, 0.2) is 5.11 Å². The van der Waals surface area contributed by atoms with Gasteiger partial charge in [-0.2, -0.15) is 0 Å². The number of aromatic amines is 1. The Bertz CT molecular complexity index is 737. The Hall–Kier alpha value is -2.40. The van der Waals surface area contributed by atoms with E-state index in [1.165, 1.54) is 16.3 Å². The van der Waals surface area contributed by atoms with Crippen LogP contribution in [0.15, 0.2) is 54.9 Å². The Morgan fingerprint density at radius 3 is 2.81 bits per heavy atom. The minimum Gasteiger partial charge on any atom is -0.362 e. The molecule has 3 aromatic rings. The van der Waals surface area contributed by atoms with Crippen molar-refractivity contribution in [2.75, 3.05) is 11.9 Å². The maximum atomic E-state index is 5.21. The van der Waals surface area contributed by atoms with E-state index in [9.17, 15) is 0 Å². The molecule has 106 valence electrons. The molecule has 0 amide bonds. The Labute approximate surface area is 128 Å². The molecule has 21 heavy (non-hydrogen) atoms. The number of benzene rings is 2. The van der Waals surface area contributed by atoms with Crippen molar-refractivity contribution in [3.05, 3.63) is 60.4 Å². The van der Waals surface area contributed by atoms with E-state index in [2.05, 4.69) is 63.1 Å². The third kappa shape index (κ3) is 3.58. The largest absolute Gasteiger partial charge is 0.362 e. The van der Waals surface area contributed by atoms with Gasteiger partial charge in [-0.3, -0.25) is 0 Å². The number of fused-ring (bicyclic) bond motifs is 1. The highest BCUT2D eigenvalue weighted by atomic mass is 32.1. The maximum absolute atomic E-state index is 5.21. The van der Waals surface area contributed by atoms with Crippen molar-refractivity contribution in [3.8, 4) is 0 Å². The number of hydrogen-bond acceptors (Lipinski definition) is 2. The van der Waals surface area contributed by atoms with Gasteiger partial charge >= 0.3 is 0 Å². The first kappa shape index (κ1) is 13.6. The molecule has 0 saturated carbocycles. The lowest BCUT2D eigenvalue weighted by atomic mass is 10.1. The van der Waals surface area contributed by atoms with Gasteiger partial charge in [0.25, 0.3) is 0 Å². The van der Waals surface area contributed by atoms with Crippen LogP contribution >= 0.6 is 12.2 Å². The molecule has 0 aliphatic rings. The number of anilines is 1. The number of hydrogen-bond donors (Lipinski definition) is 3. The second-order valence-electron chi connectivity index (χ2n) is 4.75. The third-order valence-electron chi connectivity index (χ3n) is 3.24. The van der Waals surface area contributed by atoms with Crippen molar-refractivity contribution in [3.63, 3.8) is 0 Å². The Morgan fingerprint density at radius 1 is 1.14 bits per heavy atom. The van der Waals surface area contributed by atoms with Crippen LogP contribution in [0.3, 0.4) is 0 Å². The third-order valence-corrected chi connectivity index (χ3v) is 3.49. The van der Waals surface area contributed by atoms with Crippen molar-refractivity contribution in [1.82, 2.24) is 15.3 Å². The van der Waals surface area contributed by atoms with E-state index in [0.717, 1.165) is 13.0 Å². The second-order valence-corrected chi connectivity index (χ2v) is 5.16. The Morgan fingerprint density at radius 2 is 2.00 bits per heavy atom. The number of nitrogens with one attached hydrogen (secondary N) is 3. The predicted octanol–water partition coefficient (Wildman–Crippen LogP) is 3.09. The fraction of sp³-hybridized carbons (Fsp3) is 0.125. The molecule has 0 saturated heterocycles. The molecule has 0 spiro atoms. The van der Waals surface area contributed by atoms with E-state index < -0.39 is 0 Å². The smallest absolute Gasteiger partial charge is 0.206 e. The van der Waals surface area contributed by atoms with Crippen molar-refractivity contribution < 1.29 is 0 Å². The highest BCUT2D eigenvalue weighted by Gasteiger charge is 2.00. The fourth-order valence-corrected chi connectivity index (χ4v) is 2.40. The van der Waals surface area contributed by atoms with Gasteiger partial charge in [-0.05, 0) is 35.0 Å². The van der Waals surface area contributed by atoms with Gasteiger partial charge in [0.1, 0.15) is 0 Å². The lowest BCUT2D eigenvalue weighted by Gasteiger charge is -2.09. The van der Waals surface area contributed by atoms with Crippen LogP contribution in [0, 0.1) is 0 Å². The summed E-state index contributed by atoms with van der Waals surface area (Å²) in [6.07, 6.45) is 4.35. The monoisotopic (exact) mass is 296 g/mol. The molecule has 0 aliphatic heterocycles. The van der Waals surface area contributed by atoms with Crippen LogP contribution in [0.4, 0.5) is 5.95 Å². The average molecular weight is 296 g/mol. The number of rotatable bonds is 4. The van der Waals surface area contributed by atoms with E-state index in [0.29, 0.717) is 11.1 Å². The molecule has 0 fully saturated rings. The minimum absolute atomic E-state index is 0.575. The number of nitrogens with zero attached hydrogens (tertiary/aromatic N) is 1. The number of aromatic nitrogens is 2. The Balaban J connectivity index is 1.53. The SMILES string of the molecule is S=C(NCCc1ccc2ccccc2c1)Nc1ncc[nH]1. The zero-order chi connectivity index (χ0) is 14.5. The van der Waals surface area contributed by atoms with Gasteiger partial charge in [-0.15, -0.1) is 0 Å². The maximum Gasteiger partial charge on any atom is 0.206 e. The summed E-state index contributed by atoms with van der Waals surface area (Å²) in [6, 6.07) is 14.9. The number of thiocarbonyl (C=S) groups is 1. The van der Waals surface area contributed by atoms with Crippen LogP contribution in [-0.2, 0) is 6.42 Å². The summed E-state index contributed by atoms with van der Waals surface area (Å²) in [7, 11) is 0. The summed E-state index contributed by atoms with van der Waals surface area (Å²) in [5, 5.41) is 9.28. The molecule has 3 rings (SSSR count). The van der Waals surface area contributed by atoms with Gasteiger partial charge in [-0.1, -0.05) is 42.5 Å². The van der Waals surface area contributed by atoms with E-state index in [4.69, 9.17) is 12.2 Å². The molecular weight excluding hydrogens is 280 g/mol. The summed E-state index contributed by atoms with van der Waals surface area (Å²) < 4.78 is 0. The molecule has 0 aliphatic carbocycles. The van der Waals surface area contributed by atoms with Crippen molar-refractivity contribution >= 4 is 34.1 Å². The molecule has 3 N–H and O–H groups in total. The summed E-state index contributed by atoms with van der Waals surface area (Å²) in [5.41, 5.74) is 1.29. The zero-order valence-corrected chi connectivity index (χ0v) is 12.3. The summed E-state index contributed by atoms with van der Waals surface area (Å²) in [4.78, 5) is 7.01. The van der Waals surface area contributed by atoms with E-state index in [-0.39, 0.29) is 0 Å². The fourth-order valence-electron chi connectivity index (χ4n) is 2.20. The van der Waals surface area contributed by atoms with Crippen molar-refractivity contribution in [2.45, 2.75) is 6.42 Å². The molecule has 1 heterocycles. The summed E-state index contributed by atoms with van der Waals surface area (Å²) in [6.45, 7) is 0.783. The topological polar surface area (TPSA) is 52.7 Å². The van der Waals surface area contributed by atoms with Crippen molar-refractivity contribution in [2.24, 2.45) is 0 Å². The molecule has 0 atom stereocenters. The first-order valence-electron chi connectivity index (χ1n) is 6.83. The standard InChI is InChI=1S/C16H16N4S/c21-16(20-15-17-9-10-18-15)19-8-7-12-5-6-13-3-1-2-4-14(13)11-12/h1-6,9-11H,7-8H2,(H3,17,18,19,20,21).